The highest BCUT2D eigenvalue weighted by Crippen LogP contribution is 2.24. The molecular formula is C16H21N5OS. The molecular weight excluding hydrogens is 310 g/mol. The number of thioether (sulfide) groups is 1. The fraction of sp³-hybridized carbons (Fsp3) is 0.500. The van der Waals surface area contributed by atoms with Crippen molar-refractivity contribution in [2.24, 2.45) is 0 Å². The molecule has 2 atom stereocenters. The fourth-order valence-electron chi connectivity index (χ4n) is 3.04. The third kappa shape index (κ3) is 3.72. The molecule has 122 valence electrons. The van der Waals surface area contributed by atoms with Crippen LogP contribution in [-0.4, -0.2) is 48.8 Å². The largest absolute Gasteiger partial charge is 0.337 e. The van der Waals surface area contributed by atoms with Gasteiger partial charge in [0.1, 0.15) is 5.69 Å². The molecule has 1 N–H and O–H groups in total. The second-order valence-corrected chi connectivity index (χ2v) is 6.84. The third-order valence-corrected chi connectivity index (χ3v) is 5.01. The Kier molecular flexibility index (Phi) is 4.95. The van der Waals surface area contributed by atoms with Crippen LogP contribution in [0.4, 0.5) is 0 Å². The van der Waals surface area contributed by atoms with Gasteiger partial charge >= 0.3 is 0 Å². The Hall–Kier alpha value is -1.89. The lowest BCUT2D eigenvalue weighted by atomic mass is 9.98. The first-order valence-corrected chi connectivity index (χ1v) is 8.91. The van der Waals surface area contributed by atoms with E-state index in [2.05, 4.69) is 34.0 Å². The maximum Gasteiger partial charge on any atom is 0.233 e. The van der Waals surface area contributed by atoms with E-state index in [9.17, 15) is 4.79 Å². The van der Waals surface area contributed by atoms with Crippen LogP contribution in [0.25, 0.3) is 11.5 Å². The van der Waals surface area contributed by atoms with Gasteiger partial charge in [0.2, 0.25) is 11.1 Å². The van der Waals surface area contributed by atoms with E-state index < -0.39 is 0 Å². The van der Waals surface area contributed by atoms with Crippen LogP contribution in [0.2, 0.25) is 0 Å². The summed E-state index contributed by atoms with van der Waals surface area (Å²) in [5.41, 5.74) is 0.747. The number of H-pyrrole nitrogens is 1. The Bertz CT molecular complexity index is 650. The number of carbonyl (C=O) groups excluding carboxylic acids is 1. The second kappa shape index (κ2) is 7.12. The van der Waals surface area contributed by atoms with Crippen LogP contribution in [0.15, 0.2) is 29.6 Å². The van der Waals surface area contributed by atoms with Crippen LogP contribution >= 0.6 is 11.8 Å². The molecule has 0 saturated carbocycles. The van der Waals surface area contributed by atoms with Crippen LogP contribution < -0.4 is 0 Å². The Morgan fingerprint density at radius 3 is 2.83 bits per heavy atom. The van der Waals surface area contributed by atoms with Crippen LogP contribution in [0.3, 0.4) is 0 Å². The number of amides is 1. The molecule has 3 heterocycles. The van der Waals surface area contributed by atoms with E-state index in [4.69, 9.17) is 0 Å². The van der Waals surface area contributed by atoms with E-state index in [1.54, 1.807) is 6.20 Å². The molecule has 6 nitrogen and oxygen atoms in total. The normalized spacial score (nSPS) is 21.4. The van der Waals surface area contributed by atoms with Gasteiger partial charge in [0.05, 0.1) is 5.75 Å². The minimum Gasteiger partial charge on any atom is -0.337 e. The number of hydrogen-bond donors (Lipinski definition) is 1. The molecule has 0 radical (unpaired) electrons. The van der Waals surface area contributed by atoms with Crippen LogP contribution in [0.1, 0.15) is 33.1 Å². The summed E-state index contributed by atoms with van der Waals surface area (Å²) in [4.78, 5) is 23.1. The van der Waals surface area contributed by atoms with Crippen molar-refractivity contribution >= 4 is 17.7 Å². The molecule has 0 unspecified atom stereocenters. The first-order chi connectivity index (χ1) is 11.1. The zero-order valence-corrected chi connectivity index (χ0v) is 14.2. The van der Waals surface area contributed by atoms with E-state index in [1.165, 1.54) is 18.2 Å². The average molecular weight is 331 g/mol. The van der Waals surface area contributed by atoms with Gasteiger partial charge in [0.25, 0.3) is 0 Å². The number of likely N-dealkylation sites (tertiary alicyclic amines) is 1. The quantitative estimate of drug-likeness (QED) is 0.872. The average Bonchev–Trinajstić information content (AvgIpc) is 3.02. The van der Waals surface area contributed by atoms with Gasteiger partial charge < -0.3 is 4.90 Å². The lowest BCUT2D eigenvalue weighted by molar-refractivity contribution is -0.134. The number of nitrogens with zero attached hydrogens (tertiary/aromatic N) is 4. The van der Waals surface area contributed by atoms with Crippen molar-refractivity contribution in [3.63, 3.8) is 0 Å². The van der Waals surface area contributed by atoms with Crippen LogP contribution in [0.5, 0.6) is 0 Å². The van der Waals surface area contributed by atoms with Gasteiger partial charge in [0.15, 0.2) is 5.82 Å². The molecule has 1 amide bonds. The number of nitrogens with one attached hydrogen (secondary N) is 1. The summed E-state index contributed by atoms with van der Waals surface area (Å²) >= 11 is 1.37. The van der Waals surface area contributed by atoms with Gasteiger partial charge in [0, 0.05) is 18.3 Å². The van der Waals surface area contributed by atoms with Crippen molar-refractivity contribution in [2.45, 2.75) is 50.4 Å². The zero-order chi connectivity index (χ0) is 16.2. The maximum absolute atomic E-state index is 12.5. The van der Waals surface area contributed by atoms with Gasteiger partial charge in [-0.3, -0.25) is 14.9 Å². The highest BCUT2D eigenvalue weighted by atomic mass is 32.2. The minimum atomic E-state index is 0.166. The summed E-state index contributed by atoms with van der Waals surface area (Å²) in [5, 5.41) is 7.62. The fourth-order valence-corrected chi connectivity index (χ4v) is 3.71. The van der Waals surface area contributed by atoms with E-state index in [1.807, 2.05) is 23.1 Å². The van der Waals surface area contributed by atoms with E-state index in [0.29, 0.717) is 28.8 Å². The summed E-state index contributed by atoms with van der Waals surface area (Å²) in [6.07, 6.45) is 5.09. The monoisotopic (exact) mass is 331 g/mol. The second-order valence-electron chi connectivity index (χ2n) is 5.90. The molecule has 7 heteroatoms. The molecule has 2 aromatic heterocycles. The summed E-state index contributed by atoms with van der Waals surface area (Å²) in [6.45, 7) is 4.26. The van der Waals surface area contributed by atoms with Gasteiger partial charge in [-0.1, -0.05) is 17.8 Å². The van der Waals surface area contributed by atoms with E-state index in [-0.39, 0.29) is 5.91 Å². The van der Waals surface area contributed by atoms with Crippen molar-refractivity contribution < 1.29 is 4.79 Å². The Labute approximate surface area is 140 Å². The van der Waals surface area contributed by atoms with Crippen molar-refractivity contribution in [3.8, 4) is 11.5 Å². The molecule has 0 spiro atoms. The molecule has 1 fully saturated rings. The van der Waals surface area contributed by atoms with E-state index in [0.717, 1.165) is 18.5 Å². The molecule has 1 aliphatic heterocycles. The number of aromatic amines is 1. The standard InChI is InChI=1S/C16H21N5OS/c1-11-6-5-7-12(2)21(11)14(22)10-23-16-18-15(19-20-16)13-8-3-4-9-17-13/h3-4,8-9,11-12H,5-7,10H2,1-2H3,(H,18,19,20)/t11-,12-/m1/s1. The lowest BCUT2D eigenvalue weighted by Gasteiger charge is -2.39. The summed E-state index contributed by atoms with van der Waals surface area (Å²) in [6, 6.07) is 6.28. The summed E-state index contributed by atoms with van der Waals surface area (Å²) in [7, 11) is 0. The minimum absolute atomic E-state index is 0.166. The Morgan fingerprint density at radius 1 is 1.35 bits per heavy atom. The first-order valence-electron chi connectivity index (χ1n) is 7.93. The molecule has 0 bridgehead atoms. The van der Waals surface area contributed by atoms with Crippen LogP contribution in [-0.2, 0) is 4.79 Å². The Morgan fingerprint density at radius 2 is 2.13 bits per heavy atom. The molecule has 23 heavy (non-hydrogen) atoms. The van der Waals surface area contributed by atoms with Crippen molar-refractivity contribution in [1.29, 1.82) is 0 Å². The van der Waals surface area contributed by atoms with Crippen molar-refractivity contribution in [3.05, 3.63) is 24.4 Å². The number of hydrogen-bond acceptors (Lipinski definition) is 5. The molecule has 1 saturated heterocycles. The molecule has 0 aromatic carbocycles. The van der Waals surface area contributed by atoms with Crippen LogP contribution in [0, 0.1) is 0 Å². The predicted molar refractivity (Wildman–Crippen MR) is 90.0 cm³/mol. The number of aromatic nitrogens is 4. The number of rotatable bonds is 4. The van der Waals surface area contributed by atoms with Gasteiger partial charge in [-0.2, -0.15) is 4.98 Å². The van der Waals surface area contributed by atoms with Gasteiger partial charge in [-0.25, -0.2) is 0 Å². The number of piperidine rings is 1. The van der Waals surface area contributed by atoms with Crippen molar-refractivity contribution in [2.75, 3.05) is 5.75 Å². The third-order valence-electron chi connectivity index (χ3n) is 4.18. The number of pyridine rings is 1. The lowest BCUT2D eigenvalue weighted by Crippen LogP contribution is -2.48. The predicted octanol–water partition coefficient (Wildman–Crippen LogP) is 2.75. The topological polar surface area (TPSA) is 74.8 Å². The highest BCUT2D eigenvalue weighted by Gasteiger charge is 2.28. The molecule has 0 aliphatic carbocycles. The highest BCUT2D eigenvalue weighted by molar-refractivity contribution is 7.99. The smallest absolute Gasteiger partial charge is 0.233 e. The number of carbonyl (C=O) groups is 1. The zero-order valence-electron chi connectivity index (χ0n) is 13.4. The Balaban J connectivity index is 1.60. The molecule has 1 aliphatic rings. The molecule has 2 aromatic rings. The van der Waals surface area contributed by atoms with Crippen molar-refractivity contribution in [1.82, 2.24) is 25.1 Å². The SMILES string of the molecule is C[C@@H]1CCC[C@@H](C)N1C(=O)CSc1n[nH]c(-c2ccccn2)n1. The van der Waals surface area contributed by atoms with E-state index >= 15 is 0 Å². The maximum atomic E-state index is 12.5. The molecule has 3 rings (SSSR count). The summed E-state index contributed by atoms with van der Waals surface area (Å²) < 4.78 is 0. The first kappa shape index (κ1) is 16.0. The summed E-state index contributed by atoms with van der Waals surface area (Å²) in [5.74, 6) is 1.16. The van der Waals surface area contributed by atoms with Gasteiger partial charge in [-0.05, 0) is 45.2 Å². The van der Waals surface area contributed by atoms with Gasteiger partial charge in [-0.15, -0.1) is 5.10 Å².